The minimum atomic E-state index is -0.886. The van der Waals surface area contributed by atoms with Crippen LogP contribution in [0.5, 0.6) is 0 Å². The van der Waals surface area contributed by atoms with Crippen molar-refractivity contribution in [3.05, 3.63) is 71.5 Å². The maximum atomic E-state index is 14.2. The quantitative estimate of drug-likeness (QED) is 0.555. The molecule has 6 nitrogen and oxygen atoms in total. The van der Waals surface area contributed by atoms with Crippen LogP contribution < -0.4 is 0 Å². The van der Waals surface area contributed by atoms with Gasteiger partial charge in [-0.05, 0) is 18.1 Å². The summed E-state index contributed by atoms with van der Waals surface area (Å²) in [5, 5.41) is 14.6. The number of halogens is 1. The van der Waals surface area contributed by atoms with E-state index in [1.165, 1.54) is 6.07 Å². The third kappa shape index (κ3) is 7.15. The number of benzene rings is 2. The Labute approximate surface area is 182 Å². The van der Waals surface area contributed by atoms with Gasteiger partial charge in [0.05, 0.1) is 5.71 Å². The number of hydrogen-bond acceptors (Lipinski definition) is 6. The number of aliphatic hydroxyl groups is 1. The molecule has 0 bridgehead atoms. The summed E-state index contributed by atoms with van der Waals surface area (Å²) in [5.41, 5.74) is 2.40. The van der Waals surface area contributed by atoms with Crippen molar-refractivity contribution >= 4 is 11.7 Å². The number of aliphatic hydroxyl groups excluding tert-OH is 1. The number of oxime groups is 1. The van der Waals surface area contributed by atoms with Gasteiger partial charge in [0.2, 0.25) is 0 Å². The molecular formula is C24H29FN2O4. The van der Waals surface area contributed by atoms with Gasteiger partial charge in [-0.15, -0.1) is 0 Å². The average Bonchev–Trinajstić information content (AvgIpc) is 3.23. The van der Waals surface area contributed by atoms with Crippen LogP contribution in [0.4, 0.5) is 4.39 Å². The van der Waals surface area contributed by atoms with Crippen LogP contribution >= 0.6 is 0 Å². The highest BCUT2D eigenvalue weighted by Gasteiger charge is 2.26. The molecule has 3 rings (SSSR count). The van der Waals surface area contributed by atoms with Crippen molar-refractivity contribution in [2.45, 2.75) is 44.9 Å². The summed E-state index contributed by atoms with van der Waals surface area (Å²) in [6.45, 7) is 2.76. The highest BCUT2D eigenvalue weighted by molar-refractivity contribution is 6.01. The van der Waals surface area contributed by atoms with Crippen molar-refractivity contribution < 1.29 is 23.9 Å². The Kier molecular flexibility index (Phi) is 8.55. The Bertz CT molecular complexity index is 875. The van der Waals surface area contributed by atoms with Gasteiger partial charge >= 0.3 is 5.97 Å². The Hall–Kier alpha value is -2.77. The van der Waals surface area contributed by atoms with E-state index in [0.29, 0.717) is 37.9 Å². The van der Waals surface area contributed by atoms with E-state index in [2.05, 4.69) is 5.16 Å². The molecule has 2 unspecified atom stereocenters. The van der Waals surface area contributed by atoms with Gasteiger partial charge in [-0.2, -0.15) is 0 Å². The van der Waals surface area contributed by atoms with Gasteiger partial charge in [-0.25, -0.2) is 4.39 Å². The molecule has 0 spiro atoms. The van der Waals surface area contributed by atoms with E-state index >= 15 is 0 Å². The summed E-state index contributed by atoms with van der Waals surface area (Å²) < 4.78 is 19.3. The first kappa shape index (κ1) is 22.9. The first-order valence-corrected chi connectivity index (χ1v) is 10.6. The third-order valence-electron chi connectivity index (χ3n) is 5.01. The SMILES string of the molecule is CCCC(=O)OCC(O)CN(Cc1ccccc1F)CC1CC(c2ccccc2)=NO1. The van der Waals surface area contributed by atoms with E-state index in [-0.39, 0.29) is 31.0 Å². The molecule has 1 heterocycles. The smallest absolute Gasteiger partial charge is 0.305 e. The number of esters is 1. The minimum absolute atomic E-state index is 0.0934. The second-order valence-electron chi connectivity index (χ2n) is 7.71. The van der Waals surface area contributed by atoms with Gasteiger partial charge in [-0.1, -0.05) is 60.6 Å². The van der Waals surface area contributed by atoms with Crippen molar-refractivity contribution in [1.29, 1.82) is 0 Å². The zero-order valence-corrected chi connectivity index (χ0v) is 17.7. The number of carbonyl (C=O) groups is 1. The maximum Gasteiger partial charge on any atom is 0.305 e. The van der Waals surface area contributed by atoms with Crippen molar-refractivity contribution in [2.75, 3.05) is 19.7 Å². The number of nitrogens with zero attached hydrogens (tertiary/aromatic N) is 2. The predicted molar refractivity (Wildman–Crippen MR) is 116 cm³/mol. The molecular weight excluding hydrogens is 399 g/mol. The molecule has 31 heavy (non-hydrogen) atoms. The van der Waals surface area contributed by atoms with Gasteiger partial charge in [0, 0.05) is 38.0 Å². The largest absolute Gasteiger partial charge is 0.463 e. The molecule has 0 aromatic heterocycles. The number of rotatable bonds is 11. The molecule has 1 N–H and O–H groups in total. The second kappa shape index (κ2) is 11.6. The van der Waals surface area contributed by atoms with E-state index in [9.17, 15) is 14.3 Å². The van der Waals surface area contributed by atoms with E-state index in [4.69, 9.17) is 9.57 Å². The van der Waals surface area contributed by atoms with Gasteiger partial charge < -0.3 is 14.7 Å². The van der Waals surface area contributed by atoms with Gasteiger partial charge in [0.15, 0.2) is 0 Å². The highest BCUT2D eigenvalue weighted by atomic mass is 19.1. The molecule has 1 aliphatic heterocycles. The summed E-state index contributed by atoms with van der Waals surface area (Å²) >= 11 is 0. The summed E-state index contributed by atoms with van der Waals surface area (Å²) in [6.07, 6.45) is 0.540. The zero-order valence-electron chi connectivity index (χ0n) is 17.7. The standard InChI is InChI=1S/C24H29FN2O4/c1-2-8-24(29)30-17-20(28)15-27(14-19-11-6-7-12-22(19)25)16-21-13-23(26-31-21)18-9-4-3-5-10-18/h3-7,9-12,20-21,28H,2,8,13-17H2,1H3. The van der Waals surface area contributed by atoms with Crippen LogP contribution in [-0.4, -0.2) is 53.6 Å². The lowest BCUT2D eigenvalue weighted by atomic mass is 10.0. The molecule has 2 aromatic carbocycles. The van der Waals surface area contributed by atoms with Crippen LogP contribution in [0.25, 0.3) is 0 Å². The average molecular weight is 429 g/mol. The number of carbonyl (C=O) groups excluding carboxylic acids is 1. The van der Waals surface area contributed by atoms with Crippen LogP contribution in [0, 0.1) is 5.82 Å². The molecule has 0 saturated heterocycles. The summed E-state index contributed by atoms with van der Waals surface area (Å²) in [6, 6.07) is 16.4. The molecule has 0 fully saturated rings. The summed E-state index contributed by atoms with van der Waals surface area (Å²) in [5.74, 6) is -0.632. The monoisotopic (exact) mass is 428 g/mol. The van der Waals surface area contributed by atoms with Gasteiger partial charge in [-0.3, -0.25) is 9.69 Å². The number of hydrogen-bond donors (Lipinski definition) is 1. The van der Waals surface area contributed by atoms with Crippen LogP contribution in [-0.2, 0) is 20.9 Å². The van der Waals surface area contributed by atoms with Crippen molar-refractivity contribution in [3.8, 4) is 0 Å². The Morgan fingerprint density at radius 3 is 2.74 bits per heavy atom. The van der Waals surface area contributed by atoms with Gasteiger partial charge in [0.25, 0.3) is 0 Å². The molecule has 0 amide bonds. The topological polar surface area (TPSA) is 71.4 Å². The Morgan fingerprint density at radius 2 is 2.00 bits per heavy atom. The molecule has 7 heteroatoms. The molecule has 0 aliphatic carbocycles. The summed E-state index contributed by atoms with van der Waals surface area (Å²) in [7, 11) is 0. The maximum absolute atomic E-state index is 14.2. The van der Waals surface area contributed by atoms with E-state index in [1.807, 2.05) is 42.2 Å². The lowest BCUT2D eigenvalue weighted by molar-refractivity contribution is -0.147. The first-order chi connectivity index (χ1) is 15.0. The fraction of sp³-hybridized carbons (Fsp3) is 0.417. The normalized spacial score (nSPS) is 16.6. The van der Waals surface area contributed by atoms with E-state index in [1.54, 1.807) is 18.2 Å². The lowest BCUT2D eigenvalue weighted by Gasteiger charge is -2.27. The zero-order chi connectivity index (χ0) is 22.1. The van der Waals surface area contributed by atoms with Crippen molar-refractivity contribution in [3.63, 3.8) is 0 Å². The van der Waals surface area contributed by atoms with Crippen LogP contribution in [0.2, 0.25) is 0 Å². The van der Waals surface area contributed by atoms with Crippen LogP contribution in [0.3, 0.4) is 0 Å². The van der Waals surface area contributed by atoms with Crippen molar-refractivity contribution in [1.82, 2.24) is 4.90 Å². The van der Waals surface area contributed by atoms with E-state index < -0.39 is 6.10 Å². The minimum Gasteiger partial charge on any atom is -0.463 e. The molecule has 0 radical (unpaired) electrons. The first-order valence-electron chi connectivity index (χ1n) is 10.6. The highest BCUT2D eigenvalue weighted by Crippen LogP contribution is 2.19. The lowest BCUT2D eigenvalue weighted by Crippen LogP contribution is -2.39. The Balaban J connectivity index is 1.60. The molecule has 2 atom stereocenters. The predicted octanol–water partition coefficient (Wildman–Crippen LogP) is 3.53. The van der Waals surface area contributed by atoms with E-state index in [0.717, 1.165) is 11.3 Å². The van der Waals surface area contributed by atoms with Crippen molar-refractivity contribution in [2.24, 2.45) is 5.16 Å². The van der Waals surface area contributed by atoms with Crippen LogP contribution in [0.15, 0.2) is 59.8 Å². The molecule has 0 saturated carbocycles. The molecule has 1 aliphatic rings. The van der Waals surface area contributed by atoms with Gasteiger partial charge in [0.1, 0.15) is 24.6 Å². The number of ether oxygens (including phenoxy) is 1. The summed E-state index contributed by atoms with van der Waals surface area (Å²) in [4.78, 5) is 19.1. The molecule has 2 aromatic rings. The molecule has 166 valence electrons. The van der Waals surface area contributed by atoms with Crippen LogP contribution in [0.1, 0.15) is 37.3 Å². The third-order valence-corrected chi connectivity index (χ3v) is 5.01. The fourth-order valence-corrected chi connectivity index (χ4v) is 3.50. The second-order valence-corrected chi connectivity index (χ2v) is 7.71. The fourth-order valence-electron chi connectivity index (χ4n) is 3.50. The Morgan fingerprint density at radius 1 is 1.26 bits per heavy atom.